The van der Waals surface area contributed by atoms with Gasteiger partial charge in [-0.1, -0.05) is 41.9 Å². The van der Waals surface area contributed by atoms with Crippen LogP contribution < -0.4 is 0 Å². The van der Waals surface area contributed by atoms with E-state index < -0.39 is 0 Å². The number of rotatable bonds is 6. The predicted molar refractivity (Wildman–Crippen MR) is 76.2 cm³/mol. The Hall–Kier alpha value is -0.380. The van der Waals surface area contributed by atoms with Crippen molar-refractivity contribution in [2.75, 3.05) is 26.7 Å². The number of benzene rings is 1. The molecule has 0 saturated carbocycles. The number of halogens is 1. The van der Waals surface area contributed by atoms with E-state index in [0.29, 0.717) is 0 Å². The topological polar surface area (TPSA) is 23.5 Å². The molecule has 0 radical (unpaired) electrons. The standard InChI is InChI=1S/C14H22BrNO/c1-14(2,11-17)10-16(3)8-7-12-5-4-6-13(15)9-12/h4-6,9,17H,7-8,10-11H2,1-3H3. The van der Waals surface area contributed by atoms with Gasteiger partial charge in [0.25, 0.3) is 0 Å². The van der Waals surface area contributed by atoms with Crippen LogP contribution in [-0.4, -0.2) is 36.8 Å². The molecule has 1 rings (SSSR count). The molecule has 0 fully saturated rings. The first kappa shape index (κ1) is 14.7. The van der Waals surface area contributed by atoms with E-state index in [9.17, 15) is 5.11 Å². The second-order valence-electron chi connectivity index (χ2n) is 5.44. The Balaban J connectivity index is 2.40. The molecule has 0 atom stereocenters. The molecular formula is C14H22BrNO. The number of hydrogen-bond donors (Lipinski definition) is 1. The van der Waals surface area contributed by atoms with Crippen molar-refractivity contribution in [3.63, 3.8) is 0 Å². The lowest BCUT2D eigenvalue weighted by Gasteiger charge is -2.28. The van der Waals surface area contributed by atoms with Crippen molar-refractivity contribution >= 4 is 15.9 Å². The van der Waals surface area contributed by atoms with Gasteiger partial charge in [0.1, 0.15) is 0 Å². The summed E-state index contributed by atoms with van der Waals surface area (Å²) in [4.78, 5) is 2.27. The van der Waals surface area contributed by atoms with E-state index in [-0.39, 0.29) is 12.0 Å². The SMILES string of the molecule is CN(CCc1cccc(Br)c1)CC(C)(C)CO. The van der Waals surface area contributed by atoms with Gasteiger partial charge in [-0.2, -0.15) is 0 Å². The second-order valence-corrected chi connectivity index (χ2v) is 6.36. The molecule has 96 valence electrons. The highest BCUT2D eigenvalue weighted by Crippen LogP contribution is 2.16. The highest BCUT2D eigenvalue weighted by atomic mass is 79.9. The number of hydrogen-bond acceptors (Lipinski definition) is 2. The third-order valence-electron chi connectivity index (χ3n) is 2.80. The Labute approximate surface area is 113 Å². The quantitative estimate of drug-likeness (QED) is 0.873. The molecule has 0 spiro atoms. The zero-order valence-electron chi connectivity index (χ0n) is 10.9. The van der Waals surface area contributed by atoms with Crippen molar-refractivity contribution in [1.29, 1.82) is 0 Å². The molecule has 0 saturated heterocycles. The summed E-state index contributed by atoms with van der Waals surface area (Å²) in [6.45, 7) is 6.33. The average Bonchev–Trinajstić information content (AvgIpc) is 2.26. The summed E-state index contributed by atoms with van der Waals surface area (Å²) in [5.74, 6) is 0. The molecule has 0 unspecified atom stereocenters. The van der Waals surface area contributed by atoms with Crippen LogP contribution in [0.25, 0.3) is 0 Å². The van der Waals surface area contributed by atoms with Crippen LogP contribution in [0.1, 0.15) is 19.4 Å². The van der Waals surface area contributed by atoms with Crippen LogP contribution >= 0.6 is 15.9 Å². The second kappa shape index (κ2) is 6.53. The average molecular weight is 300 g/mol. The fourth-order valence-corrected chi connectivity index (χ4v) is 2.32. The summed E-state index contributed by atoms with van der Waals surface area (Å²) < 4.78 is 1.13. The van der Waals surface area contributed by atoms with E-state index in [1.807, 2.05) is 6.07 Å². The molecule has 0 aliphatic carbocycles. The van der Waals surface area contributed by atoms with Crippen molar-refractivity contribution < 1.29 is 5.11 Å². The van der Waals surface area contributed by atoms with Gasteiger partial charge in [0.05, 0.1) is 0 Å². The minimum absolute atomic E-state index is 0.0218. The third-order valence-corrected chi connectivity index (χ3v) is 3.29. The van der Waals surface area contributed by atoms with E-state index in [1.54, 1.807) is 0 Å². The van der Waals surface area contributed by atoms with Gasteiger partial charge in [-0.25, -0.2) is 0 Å². The minimum atomic E-state index is -0.0218. The summed E-state index contributed by atoms with van der Waals surface area (Å²) in [6.07, 6.45) is 1.04. The van der Waals surface area contributed by atoms with Crippen molar-refractivity contribution in [1.82, 2.24) is 4.90 Å². The lowest BCUT2D eigenvalue weighted by Crippen LogP contribution is -2.35. The van der Waals surface area contributed by atoms with E-state index in [2.05, 4.69) is 59.9 Å². The first-order valence-electron chi connectivity index (χ1n) is 5.97. The third kappa shape index (κ3) is 5.66. The van der Waals surface area contributed by atoms with Crippen LogP contribution in [0.2, 0.25) is 0 Å². The Kier molecular flexibility index (Phi) is 5.63. The molecule has 0 heterocycles. The first-order valence-corrected chi connectivity index (χ1v) is 6.76. The smallest absolute Gasteiger partial charge is 0.0494 e. The van der Waals surface area contributed by atoms with Crippen molar-refractivity contribution in [3.05, 3.63) is 34.3 Å². The maximum absolute atomic E-state index is 9.23. The van der Waals surface area contributed by atoms with Gasteiger partial charge in [-0.15, -0.1) is 0 Å². The Morgan fingerprint density at radius 2 is 2.06 bits per heavy atom. The van der Waals surface area contributed by atoms with Gasteiger partial charge >= 0.3 is 0 Å². The Morgan fingerprint density at radius 3 is 2.65 bits per heavy atom. The van der Waals surface area contributed by atoms with E-state index in [0.717, 1.165) is 24.0 Å². The predicted octanol–water partition coefficient (Wildman–Crippen LogP) is 2.94. The minimum Gasteiger partial charge on any atom is -0.396 e. The Bertz CT molecular complexity index is 352. The lowest BCUT2D eigenvalue weighted by molar-refractivity contribution is 0.116. The summed E-state index contributed by atoms with van der Waals surface area (Å²) in [5.41, 5.74) is 1.32. The van der Waals surface area contributed by atoms with Gasteiger partial charge in [0.2, 0.25) is 0 Å². The van der Waals surface area contributed by atoms with Gasteiger partial charge in [-0.3, -0.25) is 0 Å². The van der Waals surface area contributed by atoms with Crippen LogP contribution in [-0.2, 0) is 6.42 Å². The fraction of sp³-hybridized carbons (Fsp3) is 0.571. The van der Waals surface area contributed by atoms with Gasteiger partial charge in [0, 0.05) is 29.6 Å². The highest BCUT2D eigenvalue weighted by molar-refractivity contribution is 9.10. The van der Waals surface area contributed by atoms with Gasteiger partial charge in [-0.05, 0) is 31.2 Å². The molecule has 0 bridgehead atoms. The Morgan fingerprint density at radius 1 is 1.35 bits per heavy atom. The highest BCUT2D eigenvalue weighted by Gasteiger charge is 2.18. The number of aliphatic hydroxyl groups excluding tert-OH is 1. The largest absolute Gasteiger partial charge is 0.396 e. The summed E-state index contributed by atoms with van der Waals surface area (Å²) in [6, 6.07) is 8.42. The molecule has 17 heavy (non-hydrogen) atoms. The van der Waals surface area contributed by atoms with Crippen LogP contribution in [0.3, 0.4) is 0 Å². The monoisotopic (exact) mass is 299 g/mol. The zero-order valence-corrected chi connectivity index (χ0v) is 12.5. The van der Waals surface area contributed by atoms with Gasteiger partial charge < -0.3 is 10.0 Å². The van der Waals surface area contributed by atoms with E-state index in [1.165, 1.54) is 5.56 Å². The van der Waals surface area contributed by atoms with E-state index >= 15 is 0 Å². The molecule has 1 N–H and O–H groups in total. The lowest BCUT2D eigenvalue weighted by atomic mass is 9.94. The fourth-order valence-electron chi connectivity index (χ4n) is 1.87. The van der Waals surface area contributed by atoms with Crippen LogP contribution in [0, 0.1) is 5.41 Å². The molecule has 0 aliphatic heterocycles. The molecular weight excluding hydrogens is 278 g/mol. The molecule has 0 amide bonds. The van der Waals surface area contributed by atoms with Crippen molar-refractivity contribution in [2.24, 2.45) is 5.41 Å². The summed E-state index contributed by atoms with van der Waals surface area (Å²) in [7, 11) is 2.11. The summed E-state index contributed by atoms with van der Waals surface area (Å²) in [5, 5.41) is 9.23. The molecule has 1 aromatic carbocycles. The number of likely N-dealkylation sites (N-methyl/N-ethyl adjacent to an activating group) is 1. The van der Waals surface area contributed by atoms with Crippen LogP contribution in [0.5, 0.6) is 0 Å². The molecule has 2 nitrogen and oxygen atoms in total. The van der Waals surface area contributed by atoms with E-state index in [4.69, 9.17) is 0 Å². The molecule has 1 aromatic rings. The molecule has 3 heteroatoms. The zero-order chi connectivity index (χ0) is 12.9. The van der Waals surface area contributed by atoms with Crippen molar-refractivity contribution in [3.8, 4) is 0 Å². The number of nitrogens with zero attached hydrogens (tertiary/aromatic N) is 1. The number of aliphatic hydroxyl groups is 1. The van der Waals surface area contributed by atoms with Crippen LogP contribution in [0.15, 0.2) is 28.7 Å². The summed E-state index contributed by atoms with van der Waals surface area (Å²) >= 11 is 3.48. The molecule has 0 aromatic heterocycles. The van der Waals surface area contributed by atoms with Crippen LogP contribution in [0.4, 0.5) is 0 Å². The first-order chi connectivity index (χ1) is 7.93. The maximum atomic E-state index is 9.23. The van der Waals surface area contributed by atoms with Crippen molar-refractivity contribution in [2.45, 2.75) is 20.3 Å². The van der Waals surface area contributed by atoms with Gasteiger partial charge in [0.15, 0.2) is 0 Å². The normalized spacial score (nSPS) is 12.1. The maximum Gasteiger partial charge on any atom is 0.0494 e. The molecule has 0 aliphatic rings.